The Kier molecular flexibility index (Phi) is 3.90. The van der Waals surface area contributed by atoms with Gasteiger partial charge >= 0.3 is 0 Å². The van der Waals surface area contributed by atoms with Gasteiger partial charge in [0.15, 0.2) is 5.82 Å². The van der Waals surface area contributed by atoms with Crippen molar-refractivity contribution in [1.82, 2.24) is 14.3 Å². The lowest BCUT2D eigenvalue weighted by molar-refractivity contribution is -0.131. The van der Waals surface area contributed by atoms with Crippen LogP contribution >= 0.6 is 11.5 Å². The summed E-state index contributed by atoms with van der Waals surface area (Å²) in [5.41, 5.74) is 0.883. The summed E-state index contributed by atoms with van der Waals surface area (Å²) in [6, 6.07) is 3.74. The van der Waals surface area contributed by atoms with Crippen molar-refractivity contribution in [3.8, 4) is 0 Å². The summed E-state index contributed by atoms with van der Waals surface area (Å²) in [7, 11) is 1.71. The second-order valence-electron chi connectivity index (χ2n) is 6.15. The Hall–Kier alpha value is -1.73. The molecule has 2 aromatic heterocycles. The molecule has 7 heteroatoms. The van der Waals surface area contributed by atoms with Gasteiger partial charge < -0.3 is 14.5 Å². The van der Waals surface area contributed by atoms with Crippen LogP contribution in [0.15, 0.2) is 18.3 Å². The summed E-state index contributed by atoms with van der Waals surface area (Å²) in [4.78, 5) is 21.5. The van der Waals surface area contributed by atoms with Crippen molar-refractivity contribution in [3.63, 3.8) is 0 Å². The standard InChI is InChI=1S/C16H20N4O2S/c1-22-11-9-12(16(21)19-7-2-3-8-19)20(10-11)15-14-13(23-18-15)5-4-6-17-14/h4-6,11-12H,2-3,7-10H2,1H3/t11-,12-/m0/s1. The van der Waals surface area contributed by atoms with E-state index in [1.165, 1.54) is 11.5 Å². The van der Waals surface area contributed by atoms with Crippen LogP contribution < -0.4 is 4.90 Å². The normalized spacial score (nSPS) is 24.7. The van der Waals surface area contributed by atoms with Gasteiger partial charge in [0.25, 0.3) is 0 Å². The third kappa shape index (κ3) is 2.57. The minimum atomic E-state index is -0.189. The molecule has 0 saturated carbocycles. The maximum atomic E-state index is 12.9. The fourth-order valence-corrected chi connectivity index (χ4v) is 4.29. The Morgan fingerprint density at radius 3 is 3.00 bits per heavy atom. The van der Waals surface area contributed by atoms with Gasteiger partial charge in [0.05, 0.1) is 10.8 Å². The molecule has 0 aliphatic carbocycles. The highest BCUT2D eigenvalue weighted by atomic mass is 32.1. The van der Waals surface area contributed by atoms with E-state index < -0.39 is 0 Å². The molecule has 0 radical (unpaired) electrons. The van der Waals surface area contributed by atoms with Gasteiger partial charge in [0.1, 0.15) is 11.6 Å². The van der Waals surface area contributed by atoms with E-state index in [9.17, 15) is 4.79 Å². The zero-order chi connectivity index (χ0) is 15.8. The van der Waals surface area contributed by atoms with Gasteiger partial charge in [-0.3, -0.25) is 9.78 Å². The molecule has 122 valence electrons. The molecule has 2 saturated heterocycles. The van der Waals surface area contributed by atoms with E-state index in [1.54, 1.807) is 13.3 Å². The minimum absolute atomic E-state index is 0.0621. The van der Waals surface area contributed by atoms with Gasteiger partial charge in [-0.15, -0.1) is 0 Å². The highest BCUT2D eigenvalue weighted by molar-refractivity contribution is 7.13. The van der Waals surface area contributed by atoms with Crippen LogP contribution in [0.25, 0.3) is 10.2 Å². The third-order valence-corrected chi connectivity index (χ3v) is 5.57. The van der Waals surface area contributed by atoms with Crippen molar-refractivity contribution >= 4 is 33.5 Å². The van der Waals surface area contributed by atoms with Gasteiger partial charge in [0, 0.05) is 39.4 Å². The van der Waals surface area contributed by atoms with Gasteiger partial charge in [-0.2, -0.15) is 4.37 Å². The van der Waals surface area contributed by atoms with Crippen LogP contribution in [0.5, 0.6) is 0 Å². The van der Waals surface area contributed by atoms with E-state index >= 15 is 0 Å². The largest absolute Gasteiger partial charge is 0.380 e. The molecular weight excluding hydrogens is 312 g/mol. The molecule has 6 nitrogen and oxygen atoms in total. The fraction of sp³-hybridized carbons (Fsp3) is 0.562. The van der Waals surface area contributed by atoms with Gasteiger partial charge in [-0.05, 0) is 36.5 Å². The minimum Gasteiger partial charge on any atom is -0.380 e. The smallest absolute Gasteiger partial charge is 0.245 e. The molecule has 0 N–H and O–H groups in total. The maximum absolute atomic E-state index is 12.9. The summed E-state index contributed by atoms with van der Waals surface area (Å²) < 4.78 is 11.2. The lowest BCUT2D eigenvalue weighted by atomic mass is 10.1. The Morgan fingerprint density at radius 1 is 1.39 bits per heavy atom. The van der Waals surface area contributed by atoms with Crippen LogP contribution in [0.4, 0.5) is 5.82 Å². The highest BCUT2D eigenvalue weighted by Gasteiger charge is 2.41. The van der Waals surface area contributed by atoms with E-state index in [0.29, 0.717) is 6.54 Å². The Bertz CT molecular complexity index is 713. The average Bonchev–Trinajstić information content (AvgIpc) is 3.31. The zero-order valence-corrected chi connectivity index (χ0v) is 14.0. The fourth-order valence-electron chi connectivity index (χ4n) is 3.54. The number of likely N-dealkylation sites (tertiary alicyclic amines) is 1. The summed E-state index contributed by atoms with van der Waals surface area (Å²) in [6.07, 6.45) is 4.77. The second-order valence-corrected chi connectivity index (χ2v) is 6.96. The number of carbonyl (C=O) groups is 1. The SMILES string of the molecule is CO[C@H]1C[C@@H](C(=O)N2CCCC2)N(c2nsc3cccnc23)C1. The Balaban J connectivity index is 1.67. The average molecular weight is 332 g/mol. The van der Waals surface area contributed by atoms with Gasteiger partial charge in [-0.1, -0.05) is 0 Å². The number of ether oxygens (including phenoxy) is 1. The lowest BCUT2D eigenvalue weighted by Crippen LogP contribution is -2.44. The van der Waals surface area contributed by atoms with Crippen molar-refractivity contribution in [1.29, 1.82) is 0 Å². The molecule has 2 atom stereocenters. The third-order valence-electron chi connectivity index (χ3n) is 4.78. The first-order valence-electron chi connectivity index (χ1n) is 8.06. The van der Waals surface area contributed by atoms with Crippen LogP contribution in [-0.4, -0.2) is 59.1 Å². The summed E-state index contributed by atoms with van der Waals surface area (Å²) in [5.74, 6) is 1.03. The number of hydrogen-bond donors (Lipinski definition) is 0. The molecule has 0 bridgehead atoms. The topological polar surface area (TPSA) is 58.6 Å². The maximum Gasteiger partial charge on any atom is 0.245 e. The molecule has 23 heavy (non-hydrogen) atoms. The first-order chi connectivity index (χ1) is 11.3. The number of amides is 1. The molecule has 0 spiro atoms. The molecule has 0 aromatic carbocycles. The van der Waals surface area contributed by atoms with Gasteiger partial charge in [-0.25, -0.2) is 0 Å². The molecule has 4 heterocycles. The Labute approximate surface area is 139 Å². The van der Waals surface area contributed by atoms with Crippen LogP contribution in [0, 0.1) is 0 Å². The molecule has 0 unspecified atom stereocenters. The quantitative estimate of drug-likeness (QED) is 0.859. The first-order valence-corrected chi connectivity index (χ1v) is 8.84. The van der Waals surface area contributed by atoms with Crippen LogP contribution in [0.3, 0.4) is 0 Å². The number of carbonyl (C=O) groups excluding carboxylic acids is 1. The van der Waals surface area contributed by atoms with Crippen molar-refractivity contribution in [3.05, 3.63) is 18.3 Å². The number of fused-ring (bicyclic) bond motifs is 1. The van der Waals surface area contributed by atoms with E-state index in [-0.39, 0.29) is 18.1 Å². The number of hydrogen-bond acceptors (Lipinski definition) is 6. The van der Waals surface area contributed by atoms with Crippen molar-refractivity contribution in [2.45, 2.75) is 31.4 Å². The molecule has 1 amide bonds. The number of aromatic nitrogens is 2. The lowest BCUT2D eigenvalue weighted by Gasteiger charge is -2.27. The summed E-state index contributed by atoms with van der Waals surface area (Å²) >= 11 is 1.44. The van der Waals surface area contributed by atoms with Crippen LogP contribution in [0.2, 0.25) is 0 Å². The zero-order valence-electron chi connectivity index (χ0n) is 13.1. The molecule has 2 aliphatic rings. The first kappa shape index (κ1) is 14.8. The van der Waals surface area contributed by atoms with E-state index in [0.717, 1.165) is 48.4 Å². The number of nitrogens with zero attached hydrogens (tertiary/aromatic N) is 4. The van der Waals surface area contributed by atoms with E-state index in [2.05, 4.69) is 14.3 Å². The number of methoxy groups -OCH3 is 1. The number of pyridine rings is 1. The van der Waals surface area contributed by atoms with E-state index in [4.69, 9.17) is 4.74 Å². The monoisotopic (exact) mass is 332 g/mol. The second kappa shape index (κ2) is 6.05. The van der Waals surface area contributed by atoms with E-state index in [1.807, 2.05) is 17.0 Å². The predicted molar refractivity (Wildman–Crippen MR) is 89.8 cm³/mol. The number of rotatable bonds is 3. The summed E-state index contributed by atoms with van der Waals surface area (Å²) in [5, 5.41) is 0. The Morgan fingerprint density at radius 2 is 2.22 bits per heavy atom. The predicted octanol–water partition coefficient (Wildman–Crippen LogP) is 1.91. The van der Waals surface area contributed by atoms with Crippen molar-refractivity contribution in [2.75, 3.05) is 31.6 Å². The molecule has 2 aliphatic heterocycles. The van der Waals surface area contributed by atoms with Crippen LogP contribution in [-0.2, 0) is 9.53 Å². The highest BCUT2D eigenvalue weighted by Crippen LogP contribution is 2.34. The van der Waals surface area contributed by atoms with Crippen LogP contribution in [0.1, 0.15) is 19.3 Å². The summed E-state index contributed by atoms with van der Waals surface area (Å²) in [6.45, 7) is 2.43. The molecular formula is C16H20N4O2S. The van der Waals surface area contributed by atoms with Crippen molar-refractivity contribution in [2.24, 2.45) is 0 Å². The molecule has 2 aromatic rings. The molecule has 4 rings (SSSR count). The number of anilines is 1. The van der Waals surface area contributed by atoms with Crippen molar-refractivity contribution < 1.29 is 9.53 Å². The molecule has 2 fully saturated rings. The van der Waals surface area contributed by atoms with Gasteiger partial charge in [0.2, 0.25) is 5.91 Å².